The maximum absolute atomic E-state index is 13.1. The molecule has 4 rings (SSSR count). The molecule has 1 atom stereocenters. The number of morpholine rings is 1. The average Bonchev–Trinajstić information content (AvgIpc) is 3.33. The number of rotatable bonds is 7. The predicted octanol–water partition coefficient (Wildman–Crippen LogP) is 3.13. The van der Waals surface area contributed by atoms with Crippen LogP contribution in [0.2, 0.25) is 0 Å². The first-order chi connectivity index (χ1) is 15.8. The van der Waals surface area contributed by atoms with E-state index in [1.54, 1.807) is 43.3 Å². The maximum Gasteiger partial charge on any atom is 0.295 e. The highest BCUT2D eigenvalue weighted by molar-refractivity contribution is 6.46. The van der Waals surface area contributed by atoms with Gasteiger partial charge in [0.15, 0.2) is 0 Å². The van der Waals surface area contributed by atoms with Gasteiger partial charge in [0, 0.05) is 31.7 Å². The Balaban J connectivity index is 1.67. The lowest BCUT2D eigenvalue weighted by atomic mass is 9.99. The Hall–Kier alpha value is -3.10. The Labute approximate surface area is 193 Å². The van der Waals surface area contributed by atoms with Crippen LogP contribution in [0.15, 0.2) is 46.4 Å². The molecule has 8 heteroatoms. The summed E-state index contributed by atoms with van der Waals surface area (Å²) in [6, 6.07) is 9.57. The van der Waals surface area contributed by atoms with Crippen molar-refractivity contribution >= 4 is 17.4 Å². The Morgan fingerprint density at radius 2 is 1.79 bits per heavy atom. The number of aliphatic hydroxyl groups is 1. The van der Waals surface area contributed by atoms with E-state index >= 15 is 0 Å². The molecule has 2 fully saturated rings. The fraction of sp³-hybridized carbons (Fsp3) is 0.440. The minimum absolute atomic E-state index is 0.0171. The molecule has 2 aromatic rings. The van der Waals surface area contributed by atoms with Crippen LogP contribution in [0.25, 0.3) is 5.76 Å². The standard InChI is InChI=1S/C25H30N2O6/c1-16(2)32-19-7-5-18(6-8-19)23(28)21-22(20-9-4-17(3)33-20)27(25(30)24(21)29)11-10-26-12-14-31-15-13-26/h4-9,16,22,28H,10-15H2,1-3H3. The van der Waals surface area contributed by atoms with Crippen LogP contribution < -0.4 is 4.74 Å². The number of ketones is 1. The number of likely N-dealkylation sites (tertiary alicyclic amines) is 1. The SMILES string of the molecule is Cc1ccc(C2C(=C(O)c3ccc(OC(C)C)cc3)C(=O)C(=O)N2CCN2CCOCC2)o1. The lowest BCUT2D eigenvalue weighted by Crippen LogP contribution is -2.42. The van der Waals surface area contributed by atoms with Gasteiger partial charge in [-0.15, -0.1) is 0 Å². The first-order valence-corrected chi connectivity index (χ1v) is 11.3. The van der Waals surface area contributed by atoms with Crippen molar-refractivity contribution in [3.63, 3.8) is 0 Å². The lowest BCUT2D eigenvalue weighted by Gasteiger charge is -2.30. The summed E-state index contributed by atoms with van der Waals surface area (Å²) in [5.41, 5.74) is 0.472. The number of carbonyl (C=O) groups is 2. The molecule has 0 aliphatic carbocycles. The molecule has 1 unspecified atom stereocenters. The van der Waals surface area contributed by atoms with E-state index in [1.165, 1.54) is 4.90 Å². The second-order valence-corrected chi connectivity index (χ2v) is 8.59. The molecule has 3 heterocycles. The van der Waals surface area contributed by atoms with Crippen LogP contribution >= 0.6 is 0 Å². The summed E-state index contributed by atoms with van der Waals surface area (Å²) in [7, 11) is 0. The van der Waals surface area contributed by atoms with Crippen LogP contribution in [0.4, 0.5) is 0 Å². The highest BCUT2D eigenvalue weighted by Crippen LogP contribution is 2.40. The van der Waals surface area contributed by atoms with Crippen LogP contribution in [0.5, 0.6) is 5.75 Å². The van der Waals surface area contributed by atoms with Crippen LogP contribution in [0, 0.1) is 6.92 Å². The number of aryl methyl sites for hydroxylation is 1. The molecule has 2 aliphatic heterocycles. The Morgan fingerprint density at radius 3 is 2.39 bits per heavy atom. The average molecular weight is 455 g/mol. The van der Waals surface area contributed by atoms with Crippen molar-refractivity contribution in [2.75, 3.05) is 39.4 Å². The van der Waals surface area contributed by atoms with E-state index in [4.69, 9.17) is 13.9 Å². The molecule has 0 bridgehead atoms. The summed E-state index contributed by atoms with van der Waals surface area (Å²) in [4.78, 5) is 29.8. The minimum atomic E-state index is -0.786. The molecule has 1 aromatic heterocycles. The van der Waals surface area contributed by atoms with Crippen molar-refractivity contribution in [3.8, 4) is 5.75 Å². The van der Waals surface area contributed by atoms with E-state index in [2.05, 4.69) is 4.90 Å². The Kier molecular flexibility index (Phi) is 6.85. The maximum atomic E-state index is 13.1. The molecule has 1 amide bonds. The van der Waals surface area contributed by atoms with Gasteiger partial charge in [0.25, 0.3) is 11.7 Å². The van der Waals surface area contributed by atoms with Crippen molar-refractivity contribution in [2.24, 2.45) is 0 Å². The Morgan fingerprint density at radius 1 is 1.09 bits per heavy atom. The summed E-state index contributed by atoms with van der Waals surface area (Å²) in [6.45, 7) is 9.46. The van der Waals surface area contributed by atoms with E-state index in [9.17, 15) is 14.7 Å². The number of benzene rings is 1. The fourth-order valence-electron chi connectivity index (χ4n) is 4.20. The van der Waals surface area contributed by atoms with Gasteiger partial charge >= 0.3 is 0 Å². The van der Waals surface area contributed by atoms with Crippen molar-refractivity contribution in [3.05, 3.63) is 59.1 Å². The number of amides is 1. The number of ether oxygens (including phenoxy) is 2. The fourth-order valence-corrected chi connectivity index (χ4v) is 4.20. The van der Waals surface area contributed by atoms with E-state index in [0.29, 0.717) is 49.1 Å². The molecular formula is C25H30N2O6. The topological polar surface area (TPSA) is 92.5 Å². The van der Waals surface area contributed by atoms with Crippen molar-refractivity contribution in [1.82, 2.24) is 9.80 Å². The summed E-state index contributed by atoms with van der Waals surface area (Å²) in [5.74, 6) is 0.205. The van der Waals surface area contributed by atoms with Gasteiger partial charge in [-0.25, -0.2) is 0 Å². The zero-order valence-corrected chi connectivity index (χ0v) is 19.2. The van der Waals surface area contributed by atoms with Gasteiger partial charge < -0.3 is 23.9 Å². The number of nitrogens with zero attached hydrogens (tertiary/aromatic N) is 2. The van der Waals surface area contributed by atoms with Crippen LogP contribution in [0.3, 0.4) is 0 Å². The summed E-state index contributed by atoms with van der Waals surface area (Å²) in [6.07, 6.45) is 0.0171. The summed E-state index contributed by atoms with van der Waals surface area (Å²) < 4.78 is 16.9. The minimum Gasteiger partial charge on any atom is -0.507 e. The molecular weight excluding hydrogens is 424 g/mol. The highest BCUT2D eigenvalue weighted by Gasteiger charge is 2.47. The quantitative estimate of drug-likeness (QED) is 0.390. The van der Waals surface area contributed by atoms with Gasteiger partial charge in [0.1, 0.15) is 29.1 Å². The Bertz CT molecular complexity index is 1030. The largest absolute Gasteiger partial charge is 0.507 e. The van der Waals surface area contributed by atoms with Gasteiger partial charge in [0.2, 0.25) is 0 Å². The number of Topliss-reactive ketones (excluding diaryl/α,β-unsaturated/α-hetero) is 1. The van der Waals surface area contributed by atoms with Gasteiger partial charge in [-0.1, -0.05) is 0 Å². The lowest BCUT2D eigenvalue weighted by molar-refractivity contribution is -0.140. The first kappa shape index (κ1) is 23.1. The molecule has 0 radical (unpaired) electrons. The second kappa shape index (κ2) is 9.80. The van der Waals surface area contributed by atoms with Crippen molar-refractivity contribution < 1.29 is 28.6 Å². The van der Waals surface area contributed by atoms with Crippen LogP contribution in [-0.4, -0.2) is 72.1 Å². The molecule has 0 spiro atoms. The van der Waals surface area contributed by atoms with E-state index in [0.717, 1.165) is 13.1 Å². The van der Waals surface area contributed by atoms with Gasteiger partial charge in [-0.3, -0.25) is 14.5 Å². The third kappa shape index (κ3) is 4.96. The monoisotopic (exact) mass is 454 g/mol. The molecule has 1 aromatic carbocycles. The zero-order valence-electron chi connectivity index (χ0n) is 19.2. The third-order valence-electron chi connectivity index (χ3n) is 5.83. The second-order valence-electron chi connectivity index (χ2n) is 8.59. The molecule has 2 saturated heterocycles. The first-order valence-electron chi connectivity index (χ1n) is 11.3. The normalized spacial score (nSPS) is 21.2. The molecule has 33 heavy (non-hydrogen) atoms. The van der Waals surface area contributed by atoms with Crippen LogP contribution in [-0.2, 0) is 14.3 Å². The summed E-state index contributed by atoms with van der Waals surface area (Å²) in [5, 5.41) is 11.1. The molecule has 2 aliphatic rings. The molecule has 0 saturated carbocycles. The molecule has 1 N–H and O–H groups in total. The van der Waals surface area contributed by atoms with E-state index in [-0.39, 0.29) is 17.4 Å². The smallest absolute Gasteiger partial charge is 0.295 e. The third-order valence-corrected chi connectivity index (χ3v) is 5.83. The number of carbonyl (C=O) groups excluding carboxylic acids is 2. The van der Waals surface area contributed by atoms with E-state index < -0.39 is 17.7 Å². The predicted molar refractivity (Wildman–Crippen MR) is 122 cm³/mol. The number of hydrogen-bond donors (Lipinski definition) is 1. The van der Waals surface area contributed by atoms with Gasteiger partial charge in [0.05, 0.1) is 24.9 Å². The van der Waals surface area contributed by atoms with Gasteiger partial charge in [-0.05, 0) is 57.2 Å². The zero-order chi connectivity index (χ0) is 23.5. The number of aliphatic hydroxyl groups excluding tert-OH is 1. The van der Waals surface area contributed by atoms with Crippen molar-refractivity contribution in [2.45, 2.75) is 32.9 Å². The highest BCUT2D eigenvalue weighted by atomic mass is 16.5. The van der Waals surface area contributed by atoms with Crippen molar-refractivity contribution in [1.29, 1.82) is 0 Å². The number of furan rings is 1. The van der Waals surface area contributed by atoms with Gasteiger partial charge in [-0.2, -0.15) is 0 Å². The van der Waals surface area contributed by atoms with Crippen LogP contribution in [0.1, 0.15) is 37.0 Å². The summed E-state index contributed by atoms with van der Waals surface area (Å²) >= 11 is 0. The number of hydrogen-bond acceptors (Lipinski definition) is 7. The van der Waals surface area contributed by atoms with E-state index in [1.807, 2.05) is 13.8 Å². The molecule has 176 valence electrons. The molecule has 8 nitrogen and oxygen atoms in total.